The first kappa shape index (κ1) is 22.7. The maximum Gasteiger partial charge on any atom is 0.257 e. The average molecular weight is 449 g/mol. The molecule has 1 aliphatic heterocycles. The van der Waals surface area contributed by atoms with Gasteiger partial charge in [0.25, 0.3) is 5.91 Å². The van der Waals surface area contributed by atoms with Gasteiger partial charge in [-0.15, -0.1) is 0 Å². The summed E-state index contributed by atoms with van der Waals surface area (Å²) in [7, 11) is 3.84. The van der Waals surface area contributed by atoms with E-state index in [1.165, 1.54) is 12.1 Å². The minimum Gasteiger partial charge on any atom is -0.486 e. The molecule has 2 aromatic carbocycles. The van der Waals surface area contributed by atoms with E-state index < -0.39 is 0 Å². The molecule has 33 heavy (non-hydrogen) atoms. The molecule has 0 spiro atoms. The summed E-state index contributed by atoms with van der Waals surface area (Å²) in [5, 5.41) is 3.12. The molecule has 7 heteroatoms. The number of ether oxygens (including phenoxy) is 1. The molecule has 1 N–H and O–H groups in total. The Kier molecular flexibility index (Phi) is 7.19. The van der Waals surface area contributed by atoms with Crippen molar-refractivity contribution in [1.82, 2.24) is 15.2 Å². The van der Waals surface area contributed by atoms with Gasteiger partial charge in [-0.05, 0) is 61.1 Å². The molecule has 1 aromatic heterocycles. The number of rotatable bonds is 8. The summed E-state index contributed by atoms with van der Waals surface area (Å²) in [4.78, 5) is 21.3. The number of carbonyl (C=O) groups is 1. The van der Waals surface area contributed by atoms with Crippen LogP contribution in [0.4, 0.5) is 10.2 Å². The lowest BCUT2D eigenvalue weighted by atomic mass is 10.1. The fourth-order valence-corrected chi connectivity index (χ4v) is 4.00. The molecule has 0 saturated carbocycles. The van der Waals surface area contributed by atoms with Crippen LogP contribution in [0.1, 0.15) is 34.0 Å². The van der Waals surface area contributed by atoms with Gasteiger partial charge in [0.2, 0.25) is 0 Å². The predicted molar refractivity (Wildman–Crippen MR) is 127 cm³/mol. The molecule has 6 nitrogen and oxygen atoms in total. The van der Waals surface area contributed by atoms with Crippen LogP contribution in [0.15, 0.2) is 66.9 Å². The van der Waals surface area contributed by atoms with Gasteiger partial charge in [-0.1, -0.05) is 24.3 Å². The minimum absolute atomic E-state index is 0.0130. The van der Waals surface area contributed by atoms with Crippen LogP contribution in [0.5, 0.6) is 5.75 Å². The minimum atomic E-state index is -0.273. The standard InChI is InChI=1S/C26H29FN4O2/c1-28-14-12-24(20-5-3-6-21(27)17-20)33-22-10-8-19(9-11-22)18-31-16-15-30(2)25-23(26(31)32)7-4-13-29-25/h3-11,13,17,24,28H,12,14-16,18H2,1-2H3. The number of aromatic nitrogens is 1. The van der Waals surface area contributed by atoms with E-state index in [2.05, 4.69) is 10.3 Å². The number of likely N-dealkylation sites (N-methyl/N-ethyl adjacent to an activating group) is 1. The number of nitrogens with one attached hydrogen (secondary N) is 1. The van der Waals surface area contributed by atoms with Crippen molar-refractivity contribution in [2.24, 2.45) is 0 Å². The molecule has 3 aromatic rings. The van der Waals surface area contributed by atoms with E-state index in [9.17, 15) is 9.18 Å². The highest BCUT2D eigenvalue weighted by molar-refractivity contribution is 5.99. The van der Waals surface area contributed by atoms with E-state index in [0.29, 0.717) is 30.8 Å². The molecular formula is C26H29FN4O2. The molecular weight excluding hydrogens is 419 g/mol. The second-order valence-corrected chi connectivity index (χ2v) is 8.22. The van der Waals surface area contributed by atoms with Gasteiger partial charge in [0.1, 0.15) is 23.5 Å². The second kappa shape index (κ2) is 10.4. The zero-order valence-electron chi connectivity index (χ0n) is 19.0. The van der Waals surface area contributed by atoms with Gasteiger partial charge in [0.05, 0.1) is 5.56 Å². The Hall–Kier alpha value is -3.45. The van der Waals surface area contributed by atoms with Crippen molar-refractivity contribution in [2.45, 2.75) is 19.1 Å². The zero-order valence-corrected chi connectivity index (χ0v) is 19.0. The Morgan fingerprint density at radius 2 is 1.94 bits per heavy atom. The number of benzene rings is 2. The molecule has 0 bridgehead atoms. The number of hydrogen-bond acceptors (Lipinski definition) is 5. The maximum absolute atomic E-state index is 13.7. The summed E-state index contributed by atoms with van der Waals surface area (Å²) in [6, 6.07) is 17.9. The van der Waals surface area contributed by atoms with E-state index in [4.69, 9.17) is 4.74 Å². The van der Waals surface area contributed by atoms with Crippen molar-refractivity contribution in [3.05, 3.63) is 89.4 Å². The van der Waals surface area contributed by atoms with Crippen LogP contribution in [0.25, 0.3) is 0 Å². The molecule has 0 radical (unpaired) electrons. The van der Waals surface area contributed by atoms with Gasteiger partial charge in [-0.2, -0.15) is 0 Å². The molecule has 1 aliphatic rings. The van der Waals surface area contributed by atoms with E-state index in [-0.39, 0.29) is 17.8 Å². The van der Waals surface area contributed by atoms with Gasteiger partial charge in [0, 0.05) is 39.3 Å². The first-order chi connectivity index (χ1) is 16.0. The molecule has 0 saturated heterocycles. The normalized spacial score (nSPS) is 14.6. The van der Waals surface area contributed by atoms with Gasteiger partial charge in [0.15, 0.2) is 0 Å². The Labute approximate surface area is 194 Å². The van der Waals surface area contributed by atoms with Crippen molar-refractivity contribution in [3.63, 3.8) is 0 Å². The Bertz CT molecular complexity index is 1090. The Balaban J connectivity index is 1.46. The molecule has 4 rings (SSSR count). The summed E-state index contributed by atoms with van der Waals surface area (Å²) in [5.74, 6) is 1.14. The van der Waals surface area contributed by atoms with Gasteiger partial charge in [-0.3, -0.25) is 4.79 Å². The van der Waals surface area contributed by atoms with Crippen molar-refractivity contribution in [1.29, 1.82) is 0 Å². The molecule has 0 fully saturated rings. The molecule has 2 heterocycles. The number of nitrogens with zero attached hydrogens (tertiary/aromatic N) is 3. The SMILES string of the molecule is CNCCC(Oc1ccc(CN2CCN(C)c3ncccc3C2=O)cc1)c1cccc(F)c1. The number of anilines is 1. The lowest BCUT2D eigenvalue weighted by Gasteiger charge is -2.22. The monoisotopic (exact) mass is 448 g/mol. The highest BCUT2D eigenvalue weighted by atomic mass is 19.1. The van der Waals surface area contributed by atoms with Crippen molar-refractivity contribution in [2.75, 3.05) is 38.6 Å². The fourth-order valence-electron chi connectivity index (χ4n) is 4.00. The highest BCUT2D eigenvalue weighted by Crippen LogP contribution is 2.27. The smallest absolute Gasteiger partial charge is 0.257 e. The van der Waals surface area contributed by atoms with Gasteiger partial charge in [-0.25, -0.2) is 9.37 Å². The first-order valence-electron chi connectivity index (χ1n) is 11.2. The summed E-state index contributed by atoms with van der Waals surface area (Å²) in [6.45, 7) is 2.60. The summed E-state index contributed by atoms with van der Waals surface area (Å²) in [6.07, 6.45) is 2.17. The van der Waals surface area contributed by atoms with Crippen LogP contribution in [0.3, 0.4) is 0 Å². The van der Waals surface area contributed by atoms with Crippen LogP contribution in [-0.4, -0.2) is 49.5 Å². The van der Waals surface area contributed by atoms with Crippen LogP contribution in [0, 0.1) is 5.82 Å². The van der Waals surface area contributed by atoms with Crippen LogP contribution < -0.4 is 15.0 Å². The second-order valence-electron chi connectivity index (χ2n) is 8.22. The quantitative estimate of drug-likeness (QED) is 0.564. The number of hydrogen-bond donors (Lipinski definition) is 1. The summed E-state index contributed by atoms with van der Waals surface area (Å²) < 4.78 is 19.9. The fraction of sp³-hybridized carbons (Fsp3) is 0.308. The van der Waals surface area contributed by atoms with E-state index in [0.717, 1.165) is 30.0 Å². The van der Waals surface area contributed by atoms with E-state index in [1.807, 2.05) is 60.3 Å². The highest BCUT2D eigenvalue weighted by Gasteiger charge is 2.25. The lowest BCUT2D eigenvalue weighted by Crippen LogP contribution is -2.33. The average Bonchev–Trinajstić information content (AvgIpc) is 2.95. The molecule has 1 unspecified atom stereocenters. The van der Waals surface area contributed by atoms with Crippen LogP contribution in [-0.2, 0) is 6.54 Å². The third-order valence-electron chi connectivity index (χ3n) is 5.82. The van der Waals surface area contributed by atoms with Gasteiger partial charge < -0.3 is 19.9 Å². The van der Waals surface area contributed by atoms with Crippen LogP contribution in [0.2, 0.25) is 0 Å². The third kappa shape index (κ3) is 5.49. The molecule has 1 atom stereocenters. The summed E-state index contributed by atoms with van der Waals surface area (Å²) in [5.41, 5.74) is 2.45. The Morgan fingerprint density at radius 1 is 1.12 bits per heavy atom. The lowest BCUT2D eigenvalue weighted by molar-refractivity contribution is 0.0754. The zero-order chi connectivity index (χ0) is 23.2. The number of fused-ring (bicyclic) bond motifs is 1. The van der Waals surface area contributed by atoms with E-state index >= 15 is 0 Å². The van der Waals surface area contributed by atoms with Crippen molar-refractivity contribution < 1.29 is 13.9 Å². The molecule has 0 aliphatic carbocycles. The number of halogens is 1. The topological polar surface area (TPSA) is 57.7 Å². The van der Waals surface area contributed by atoms with Crippen molar-refractivity contribution in [3.8, 4) is 5.75 Å². The number of amides is 1. The number of pyridine rings is 1. The largest absolute Gasteiger partial charge is 0.486 e. The maximum atomic E-state index is 13.7. The number of carbonyl (C=O) groups excluding carboxylic acids is 1. The third-order valence-corrected chi connectivity index (χ3v) is 5.82. The van der Waals surface area contributed by atoms with Gasteiger partial charge >= 0.3 is 0 Å². The first-order valence-corrected chi connectivity index (χ1v) is 11.2. The predicted octanol–water partition coefficient (Wildman–Crippen LogP) is 4.04. The van der Waals surface area contributed by atoms with Crippen molar-refractivity contribution >= 4 is 11.7 Å². The summed E-state index contributed by atoms with van der Waals surface area (Å²) >= 11 is 0. The molecule has 172 valence electrons. The Morgan fingerprint density at radius 3 is 2.70 bits per heavy atom. The van der Waals surface area contributed by atoms with E-state index in [1.54, 1.807) is 18.3 Å². The molecule has 1 amide bonds. The van der Waals surface area contributed by atoms with Crippen LogP contribution >= 0.6 is 0 Å².